The molecule has 0 spiro atoms. The third-order valence-corrected chi connectivity index (χ3v) is 7.07. The molecule has 0 atom stereocenters. The summed E-state index contributed by atoms with van der Waals surface area (Å²) in [4.78, 5) is 4.40. The van der Waals surface area contributed by atoms with Crippen LogP contribution in [0.4, 0.5) is 0 Å². The van der Waals surface area contributed by atoms with Crippen molar-refractivity contribution in [2.75, 3.05) is 19.6 Å². The molecule has 1 aliphatic heterocycles. The topological polar surface area (TPSA) is 28.7 Å². The Kier molecular flexibility index (Phi) is 3.61. The van der Waals surface area contributed by atoms with Crippen LogP contribution in [0, 0.1) is 0 Å². The lowest BCUT2D eigenvalue weighted by atomic mass is 10.4. The van der Waals surface area contributed by atoms with Gasteiger partial charge in [0.1, 0.15) is 14.0 Å². The van der Waals surface area contributed by atoms with Crippen LogP contribution >= 0.6 is 0 Å². The summed E-state index contributed by atoms with van der Waals surface area (Å²) in [5.41, 5.74) is 0. The highest BCUT2D eigenvalue weighted by Gasteiger charge is 2.33. The maximum absolute atomic E-state index is 5.19. The standard InChI is InChI=1S/C12H20N2OSi/c1-16(2)10-4-7-14(16)8-6-13-11-12-5-3-9-15-12/h3,5,9,11H,4,6-8,10H2,1-2H3. The minimum Gasteiger partial charge on any atom is -0.463 e. The third-order valence-electron chi connectivity index (χ3n) is 3.33. The monoisotopic (exact) mass is 236 g/mol. The highest BCUT2D eigenvalue weighted by molar-refractivity contribution is 6.75. The summed E-state index contributed by atoms with van der Waals surface area (Å²) in [6.45, 7) is 8.18. The Morgan fingerprint density at radius 1 is 1.56 bits per heavy atom. The van der Waals surface area contributed by atoms with Crippen molar-refractivity contribution in [3.05, 3.63) is 24.2 Å². The quantitative estimate of drug-likeness (QED) is 0.594. The molecule has 0 amide bonds. The van der Waals surface area contributed by atoms with E-state index < -0.39 is 8.24 Å². The molecule has 0 unspecified atom stereocenters. The molecule has 88 valence electrons. The Balaban J connectivity index is 1.76. The molecule has 1 fully saturated rings. The fraction of sp³-hybridized carbons (Fsp3) is 0.583. The molecule has 0 aliphatic carbocycles. The summed E-state index contributed by atoms with van der Waals surface area (Å²) in [5.74, 6) is 0.845. The normalized spacial score (nSPS) is 20.9. The van der Waals surface area contributed by atoms with Gasteiger partial charge in [-0.05, 0) is 31.1 Å². The number of aliphatic imine (C=N–C) groups is 1. The van der Waals surface area contributed by atoms with Gasteiger partial charge < -0.3 is 8.98 Å². The van der Waals surface area contributed by atoms with Crippen LogP contribution in [0.2, 0.25) is 19.1 Å². The second-order valence-electron chi connectivity index (χ2n) is 4.95. The number of furan rings is 1. The van der Waals surface area contributed by atoms with Crippen molar-refractivity contribution >= 4 is 14.5 Å². The van der Waals surface area contributed by atoms with Gasteiger partial charge in [-0.2, -0.15) is 0 Å². The molecule has 2 heterocycles. The molecule has 0 aromatic carbocycles. The van der Waals surface area contributed by atoms with Crippen molar-refractivity contribution in [3.63, 3.8) is 0 Å². The highest BCUT2D eigenvalue weighted by atomic mass is 28.3. The number of hydrogen-bond acceptors (Lipinski definition) is 3. The molecule has 3 nitrogen and oxygen atoms in total. The average molecular weight is 236 g/mol. The smallest absolute Gasteiger partial charge is 0.144 e. The maximum atomic E-state index is 5.19. The zero-order valence-corrected chi connectivity index (χ0v) is 11.1. The Morgan fingerprint density at radius 3 is 3.06 bits per heavy atom. The second-order valence-corrected chi connectivity index (χ2v) is 9.71. The van der Waals surface area contributed by atoms with Crippen molar-refractivity contribution < 1.29 is 4.42 Å². The molecule has 0 radical (unpaired) electrons. The van der Waals surface area contributed by atoms with E-state index in [0.29, 0.717) is 0 Å². The summed E-state index contributed by atoms with van der Waals surface area (Å²) < 4.78 is 7.85. The molecule has 2 rings (SSSR count). The molecule has 16 heavy (non-hydrogen) atoms. The largest absolute Gasteiger partial charge is 0.463 e. The van der Waals surface area contributed by atoms with E-state index in [-0.39, 0.29) is 0 Å². The fourth-order valence-electron chi connectivity index (χ4n) is 2.28. The van der Waals surface area contributed by atoms with Crippen molar-refractivity contribution in [1.29, 1.82) is 0 Å². The lowest BCUT2D eigenvalue weighted by Crippen LogP contribution is -2.44. The molecule has 1 aromatic heterocycles. The molecule has 0 N–H and O–H groups in total. The number of nitrogens with zero attached hydrogens (tertiary/aromatic N) is 2. The first kappa shape index (κ1) is 11.6. The van der Waals surface area contributed by atoms with Crippen molar-refractivity contribution in [1.82, 2.24) is 4.57 Å². The Bertz CT molecular complexity index is 346. The number of hydrogen-bond donors (Lipinski definition) is 0. The summed E-state index contributed by atoms with van der Waals surface area (Å²) in [6, 6.07) is 5.25. The van der Waals surface area contributed by atoms with Gasteiger partial charge in [0, 0.05) is 6.54 Å². The van der Waals surface area contributed by atoms with Crippen molar-refractivity contribution in [2.45, 2.75) is 25.6 Å². The van der Waals surface area contributed by atoms with Crippen LogP contribution in [0.25, 0.3) is 0 Å². The van der Waals surface area contributed by atoms with Crippen molar-refractivity contribution in [3.8, 4) is 0 Å². The van der Waals surface area contributed by atoms with Gasteiger partial charge in [-0.15, -0.1) is 0 Å². The molecule has 1 aromatic rings. The first-order valence-corrected chi connectivity index (χ1v) is 9.12. The molecule has 0 saturated carbocycles. The molecular weight excluding hydrogens is 216 g/mol. The van der Waals surface area contributed by atoms with Crippen LogP contribution in [0.15, 0.2) is 27.8 Å². The van der Waals surface area contributed by atoms with Crippen LogP contribution in [-0.2, 0) is 0 Å². The van der Waals surface area contributed by atoms with Crippen LogP contribution in [0.3, 0.4) is 0 Å². The van der Waals surface area contributed by atoms with E-state index in [2.05, 4.69) is 22.7 Å². The van der Waals surface area contributed by atoms with Crippen molar-refractivity contribution in [2.24, 2.45) is 4.99 Å². The summed E-state index contributed by atoms with van der Waals surface area (Å²) in [6.07, 6.45) is 4.88. The summed E-state index contributed by atoms with van der Waals surface area (Å²) in [5, 5.41) is 0. The van der Waals surface area contributed by atoms with Gasteiger partial charge in [0.05, 0.1) is 19.0 Å². The van der Waals surface area contributed by atoms with Crippen LogP contribution in [-0.4, -0.2) is 38.6 Å². The minimum atomic E-state index is -1.05. The zero-order valence-electron chi connectivity index (χ0n) is 10.1. The first-order valence-electron chi connectivity index (χ1n) is 5.97. The van der Waals surface area contributed by atoms with Gasteiger partial charge in [-0.25, -0.2) is 0 Å². The van der Waals surface area contributed by atoms with E-state index in [1.165, 1.54) is 19.0 Å². The summed E-state index contributed by atoms with van der Waals surface area (Å²) in [7, 11) is -1.05. The molecule has 0 bridgehead atoms. The Morgan fingerprint density at radius 2 is 2.44 bits per heavy atom. The molecule has 4 heteroatoms. The predicted molar refractivity (Wildman–Crippen MR) is 69.6 cm³/mol. The van der Waals surface area contributed by atoms with Crippen LogP contribution in [0.1, 0.15) is 12.2 Å². The third kappa shape index (κ3) is 2.83. The van der Waals surface area contributed by atoms with Gasteiger partial charge in [0.25, 0.3) is 0 Å². The van der Waals surface area contributed by atoms with Gasteiger partial charge in [-0.3, -0.25) is 4.99 Å². The lowest BCUT2D eigenvalue weighted by Gasteiger charge is -2.28. The highest BCUT2D eigenvalue weighted by Crippen LogP contribution is 2.24. The molecule has 1 saturated heterocycles. The van der Waals surface area contributed by atoms with E-state index in [4.69, 9.17) is 4.42 Å². The van der Waals surface area contributed by atoms with E-state index in [1.807, 2.05) is 18.3 Å². The SMILES string of the molecule is C[Si]1(C)CCCN1CCN=Cc1ccco1. The Hall–Kier alpha value is -0.873. The van der Waals surface area contributed by atoms with Gasteiger partial charge in [0.15, 0.2) is 0 Å². The maximum Gasteiger partial charge on any atom is 0.144 e. The minimum absolute atomic E-state index is 0.845. The molecule has 1 aliphatic rings. The van der Waals surface area contributed by atoms with Crippen LogP contribution in [0.5, 0.6) is 0 Å². The molecular formula is C12H20N2OSi. The number of rotatable bonds is 4. The van der Waals surface area contributed by atoms with E-state index in [1.54, 1.807) is 6.26 Å². The Labute approximate surface area is 98.3 Å². The second kappa shape index (κ2) is 4.97. The van der Waals surface area contributed by atoms with Crippen LogP contribution < -0.4 is 0 Å². The average Bonchev–Trinajstić information content (AvgIpc) is 2.83. The fourth-order valence-corrected chi connectivity index (χ4v) is 5.08. The lowest BCUT2D eigenvalue weighted by molar-refractivity contribution is 0.468. The predicted octanol–water partition coefficient (Wildman–Crippen LogP) is 2.61. The van der Waals surface area contributed by atoms with E-state index >= 15 is 0 Å². The van der Waals surface area contributed by atoms with Gasteiger partial charge in [-0.1, -0.05) is 13.1 Å². The summed E-state index contributed by atoms with van der Waals surface area (Å²) >= 11 is 0. The van der Waals surface area contributed by atoms with E-state index in [9.17, 15) is 0 Å². The zero-order chi connectivity index (χ0) is 11.4. The van der Waals surface area contributed by atoms with E-state index in [0.717, 1.165) is 18.8 Å². The van der Waals surface area contributed by atoms with Gasteiger partial charge in [0.2, 0.25) is 0 Å². The first-order chi connectivity index (χ1) is 7.68. The van der Waals surface area contributed by atoms with Gasteiger partial charge >= 0.3 is 0 Å².